The standard InChI is InChI=1S/C18H29N5O3S/c1-3-5-6-7-11(4-2)27-8-12-14(24)15(25)18(26-12)23-10-22-13-16(19)20-9-21-17(13)23/h9-12,14-15,18,24-25H,3-8H2,1-2H3,(H2,19,20,21). The van der Waals surface area contributed by atoms with Crippen molar-refractivity contribution >= 4 is 28.7 Å². The summed E-state index contributed by atoms with van der Waals surface area (Å²) >= 11 is 1.81. The lowest BCUT2D eigenvalue weighted by Gasteiger charge is -2.19. The van der Waals surface area contributed by atoms with E-state index in [2.05, 4.69) is 28.8 Å². The van der Waals surface area contributed by atoms with Crippen molar-refractivity contribution in [3.05, 3.63) is 12.7 Å². The van der Waals surface area contributed by atoms with E-state index in [0.717, 1.165) is 6.42 Å². The van der Waals surface area contributed by atoms with E-state index in [1.807, 2.05) is 11.8 Å². The van der Waals surface area contributed by atoms with Gasteiger partial charge in [-0.05, 0) is 12.8 Å². The number of aromatic nitrogens is 4. The van der Waals surface area contributed by atoms with Crippen LogP contribution in [0.4, 0.5) is 5.82 Å². The largest absolute Gasteiger partial charge is 0.387 e. The Balaban J connectivity index is 1.65. The molecule has 0 saturated carbocycles. The fraction of sp³-hybridized carbons (Fsp3) is 0.722. The molecule has 0 radical (unpaired) electrons. The second kappa shape index (κ2) is 9.18. The van der Waals surface area contributed by atoms with Gasteiger partial charge in [-0.2, -0.15) is 11.8 Å². The molecule has 5 atom stereocenters. The summed E-state index contributed by atoms with van der Waals surface area (Å²) in [6.07, 6.45) is 5.63. The van der Waals surface area contributed by atoms with E-state index < -0.39 is 24.5 Å². The van der Waals surface area contributed by atoms with Crippen LogP contribution in [-0.2, 0) is 4.74 Å². The number of fused-ring (bicyclic) bond motifs is 1. The molecule has 4 N–H and O–H groups in total. The molecule has 8 nitrogen and oxygen atoms in total. The first-order valence-corrected chi connectivity index (χ1v) is 10.7. The quantitative estimate of drug-likeness (QED) is 0.552. The zero-order chi connectivity index (χ0) is 19.4. The topological polar surface area (TPSA) is 119 Å². The van der Waals surface area contributed by atoms with Gasteiger partial charge in [-0.15, -0.1) is 0 Å². The Labute approximate surface area is 163 Å². The van der Waals surface area contributed by atoms with Gasteiger partial charge >= 0.3 is 0 Å². The number of nitrogen functional groups attached to an aromatic ring is 1. The summed E-state index contributed by atoms with van der Waals surface area (Å²) in [6.45, 7) is 4.39. The second-order valence-corrected chi connectivity index (χ2v) is 8.32. The Morgan fingerprint density at radius 1 is 1.22 bits per heavy atom. The number of aliphatic hydroxyl groups is 2. The van der Waals surface area contributed by atoms with Crippen molar-refractivity contribution in [2.75, 3.05) is 11.5 Å². The van der Waals surface area contributed by atoms with Crippen LogP contribution in [0.1, 0.15) is 52.2 Å². The van der Waals surface area contributed by atoms with Crippen molar-refractivity contribution < 1.29 is 14.9 Å². The Kier molecular flexibility index (Phi) is 6.91. The molecule has 0 amide bonds. The van der Waals surface area contributed by atoms with E-state index in [9.17, 15) is 10.2 Å². The van der Waals surface area contributed by atoms with E-state index in [0.29, 0.717) is 22.2 Å². The smallest absolute Gasteiger partial charge is 0.167 e. The van der Waals surface area contributed by atoms with Gasteiger partial charge in [0.15, 0.2) is 17.7 Å². The summed E-state index contributed by atoms with van der Waals surface area (Å²) in [6, 6.07) is 0. The highest BCUT2D eigenvalue weighted by atomic mass is 32.2. The molecule has 1 aliphatic rings. The second-order valence-electron chi connectivity index (χ2n) is 6.99. The van der Waals surface area contributed by atoms with Gasteiger partial charge in [-0.3, -0.25) is 4.57 Å². The molecule has 2 aromatic rings. The first-order valence-electron chi connectivity index (χ1n) is 9.63. The number of nitrogens with two attached hydrogens (primary N) is 1. The van der Waals surface area contributed by atoms with E-state index in [1.54, 1.807) is 4.57 Å². The van der Waals surface area contributed by atoms with Gasteiger partial charge in [-0.1, -0.05) is 33.1 Å². The molecule has 1 fully saturated rings. The average molecular weight is 396 g/mol. The summed E-state index contributed by atoms with van der Waals surface area (Å²) in [5, 5.41) is 21.5. The molecule has 0 spiro atoms. The van der Waals surface area contributed by atoms with Crippen molar-refractivity contribution in [1.82, 2.24) is 19.5 Å². The SMILES string of the molecule is CCCCCC(CC)SCC1OC(n2cnc3c(N)ncnc32)C(O)C1O. The molecule has 9 heteroatoms. The third kappa shape index (κ3) is 4.37. The summed E-state index contributed by atoms with van der Waals surface area (Å²) in [7, 11) is 0. The van der Waals surface area contributed by atoms with Crippen LogP contribution >= 0.6 is 11.8 Å². The molecular weight excluding hydrogens is 366 g/mol. The number of imidazole rings is 1. The summed E-state index contributed by atoms with van der Waals surface area (Å²) < 4.78 is 7.62. The van der Waals surface area contributed by atoms with Gasteiger partial charge in [-0.25, -0.2) is 15.0 Å². The van der Waals surface area contributed by atoms with Crippen molar-refractivity contribution in [2.24, 2.45) is 0 Å². The molecule has 5 unspecified atom stereocenters. The lowest BCUT2D eigenvalue weighted by Crippen LogP contribution is -2.33. The van der Waals surface area contributed by atoms with Gasteiger partial charge < -0.3 is 20.7 Å². The summed E-state index contributed by atoms with van der Waals surface area (Å²) in [4.78, 5) is 12.3. The van der Waals surface area contributed by atoms with E-state index in [1.165, 1.54) is 38.3 Å². The zero-order valence-electron chi connectivity index (χ0n) is 15.9. The minimum Gasteiger partial charge on any atom is -0.387 e. The van der Waals surface area contributed by atoms with Crippen LogP contribution in [0.2, 0.25) is 0 Å². The van der Waals surface area contributed by atoms with Crippen LogP contribution in [0.3, 0.4) is 0 Å². The Hall–Kier alpha value is -1.42. The molecule has 0 aliphatic carbocycles. The molecule has 3 rings (SSSR count). The van der Waals surface area contributed by atoms with Crippen LogP contribution in [0.25, 0.3) is 11.2 Å². The number of unbranched alkanes of at least 4 members (excludes halogenated alkanes) is 2. The number of hydrogen-bond donors (Lipinski definition) is 3. The number of aliphatic hydroxyl groups excluding tert-OH is 2. The Bertz CT molecular complexity index is 743. The minimum atomic E-state index is -1.05. The van der Waals surface area contributed by atoms with Gasteiger partial charge in [0.25, 0.3) is 0 Å². The molecule has 1 saturated heterocycles. The molecule has 0 aromatic carbocycles. The maximum Gasteiger partial charge on any atom is 0.167 e. The molecule has 150 valence electrons. The highest BCUT2D eigenvalue weighted by Crippen LogP contribution is 2.34. The predicted octanol–water partition coefficient (Wildman–Crippen LogP) is 2.12. The number of thioether (sulfide) groups is 1. The van der Waals surface area contributed by atoms with Gasteiger partial charge in [0.2, 0.25) is 0 Å². The van der Waals surface area contributed by atoms with Crippen molar-refractivity contribution in [1.29, 1.82) is 0 Å². The summed E-state index contributed by atoms with van der Waals surface area (Å²) in [5.74, 6) is 0.917. The number of nitrogens with zero attached hydrogens (tertiary/aromatic N) is 4. The average Bonchev–Trinajstić information content (AvgIpc) is 3.21. The van der Waals surface area contributed by atoms with Crippen LogP contribution in [-0.4, -0.2) is 59.0 Å². The lowest BCUT2D eigenvalue weighted by molar-refractivity contribution is -0.0289. The fourth-order valence-corrected chi connectivity index (χ4v) is 4.72. The third-order valence-corrected chi connectivity index (χ3v) is 6.64. The maximum absolute atomic E-state index is 10.5. The zero-order valence-corrected chi connectivity index (χ0v) is 16.7. The first-order chi connectivity index (χ1) is 13.1. The number of rotatable bonds is 9. The third-order valence-electron chi connectivity index (χ3n) is 5.08. The van der Waals surface area contributed by atoms with Crippen LogP contribution < -0.4 is 5.73 Å². The Morgan fingerprint density at radius 3 is 2.78 bits per heavy atom. The fourth-order valence-electron chi connectivity index (χ4n) is 3.41. The van der Waals surface area contributed by atoms with Crippen molar-refractivity contribution in [3.63, 3.8) is 0 Å². The Morgan fingerprint density at radius 2 is 2.04 bits per heavy atom. The van der Waals surface area contributed by atoms with Crippen molar-refractivity contribution in [3.8, 4) is 0 Å². The highest BCUT2D eigenvalue weighted by molar-refractivity contribution is 7.99. The van der Waals surface area contributed by atoms with E-state index in [4.69, 9.17) is 10.5 Å². The van der Waals surface area contributed by atoms with Gasteiger partial charge in [0.1, 0.15) is 24.1 Å². The van der Waals surface area contributed by atoms with E-state index in [-0.39, 0.29) is 5.82 Å². The molecule has 3 heterocycles. The number of hydrogen-bond acceptors (Lipinski definition) is 8. The van der Waals surface area contributed by atoms with Crippen molar-refractivity contribution in [2.45, 2.75) is 75.7 Å². The van der Waals surface area contributed by atoms with Gasteiger partial charge in [0.05, 0.1) is 12.4 Å². The first kappa shape index (κ1) is 20.3. The normalized spacial score (nSPS) is 26.7. The molecular formula is C18H29N5O3S. The van der Waals surface area contributed by atoms with Crippen LogP contribution in [0.15, 0.2) is 12.7 Å². The molecule has 2 aromatic heterocycles. The molecule has 27 heavy (non-hydrogen) atoms. The minimum absolute atomic E-state index is 0.275. The lowest BCUT2D eigenvalue weighted by atomic mass is 10.1. The maximum atomic E-state index is 10.5. The van der Waals surface area contributed by atoms with Crippen LogP contribution in [0.5, 0.6) is 0 Å². The number of anilines is 1. The van der Waals surface area contributed by atoms with Crippen LogP contribution in [0, 0.1) is 0 Å². The number of ether oxygens (including phenoxy) is 1. The highest BCUT2D eigenvalue weighted by Gasteiger charge is 2.44. The summed E-state index contributed by atoms with van der Waals surface area (Å²) in [5.41, 5.74) is 6.77. The monoisotopic (exact) mass is 395 g/mol. The van der Waals surface area contributed by atoms with Gasteiger partial charge in [0, 0.05) is 11.0 Å². The molecule has 0 bridgehead atoms. The van der Waals surface area contributed by atoms with E-state index >= 15 is 0 Å². The molecule has 1 aliphatic heterocycles. The predicted molar refractivity (Wildman–Crippen MR) is 106 cm³/mol.